The first-order valence-corrected chi connectivity index (χ1v) is 14.0. The summed E-state index contributed by atoms with van der Waals surface area (Å²) in [6.07, 6.45) is 12.8. The number of thiophene rings is 2. The molecule has 1 saturated heterocycles. The fraction of sp³-hybridized carbons (Fsp3) is 0.692. The predicted molar refractivity (Wildman–Crippen MR) is 139 cm³/mol. The van der Waals surface area contributed by atoms with E-state index in [9.17, 15) is 0 Å². The zero-order valence-electron chi connectivity index (χ0n) is 20.5. The summed E-state index contributed by atoms with van der Waals surface area (Å²) in [5.74, 6) is 0. The molecule has 2 aromatic heterocycles. The van der Waals surface area contributed by atoms with Crippen molar-refractivity contribution in [1.29, 1.82) is 0 Å². The molecule has 0 saturated carbocycles. The first-order valence-electron chi connectivity index (χ1n) is 12.3. The molecule has 0 radical (unpaired) electrons. The van der Waals surface area contributed by atoms with Crippen LogP contribution >= 0.6 is 22.7 Å². The minimum absolute atomic E-state index is 0.258. The summed E-state index contributed by atoms with van der Waals surface area (Å²) >= 11 is 3.79. The van der Waals surface area contributed by atoms with Crippen LogP contribution in [0.4, 0.5) is 0 Å². The van der Waals surface area contributed by atoms with Crippen molar-refractivity contribution in [2.45, 2.75) is 117 Å². The lowest BCUT2D eigenvalue weighted by Crippen LogP contribution is -2.41. The Kier molecular flexibility index (Phi) is 8.88. The largest absolute Gasteiger partial charge is 0.505 e. The molecule has 1 aliphatic rings. The Morgan fingerprint density at radius 1 is 0.806 bits per heavy atom. The van der Waals surface area contributed by atoms with Gasteiger partial charge < -0.3 is 9.31 Å². The zero-order chi connectivity index (χ0) is 22.5. The van der Waals surface area contributed by atoms with Crippen molar-refractivity contribution in [3.63, 3.8) is 0 Å². The Morgan fingerprint density at radius 2 is 1.42 bits per heavy atom. The molecular weight excluding hydrogens is 419 g/mol. The van der Waals surface area contributed by atoms with Gasteiger partial charge >= 0.3 is 7.12 Å². The minimum Gasteiger partial charge on any atom is -0.399 e. The van der Waals surface area contributed by atoms with E-state index in [-0.39, 0.29) is 18.3 Å². The molecule has 0 amide bonds. The van der Waals surface area contributed by atoms with Crippen LogP contribution in [0.15, 0.2) is 17.5 Å². The van der Waals surface area contributed by atoms with E-state index in [0.29, 0.717) is 0 Å². The van der Waals surface area contributed by atoms with E-state index < -0.39 is 0 Å². The average molecular weight is 461 g/mol. The number of hydrogen-bond acceptors (Lipinski definition) is 4. The third-order valence-corrected chi connectivity index (χ3v) is 9.17. The van der Waals surface area contributed by atoms with Gasteiger partial charge in [0.05, 0.1) is 11.2 Å². The average Bonchev–Trinajstić information content (AvgIpc) is 3.39. The molecule has 0 N–H and O–H groups in total. The normalized spacial score (nSPS) is 17.5. The van der Waals surface area contributed by atoms with Gasteiger partial charge in [-0.3, -0.25) is 0 Å². The van der Waals surface area contributed by atoms with Crippen LogP contribution in [0.1, 0.15) is 104 Å². The van der Waals surface area contributed by atoms with Crippen molar-refractivity contribution >= 4 is 34.6 Å². The van der Waals surface area contributed by atoms with Crippen LogP contribution in [0.3, 0.4) is 0 Å². The van der Waals surface area contributed by atoms with Gasteiger partial charge in [0, 0.05) is 14.5 Å². The van der Waals surface area contributed by atoms with Crippen molar-refractivity contribution in [1.82, 2.24) is 0 Å². The molecule has 172 valence electrons. The Morgan fingerprint density at radius 3 is 2.03 bits per heavy atom. The summed E-state index contributed by atoms with van der Waals surface area (Å²) in [5, 5.41) is 2.37. The highest BCUT2D eigenvalue weighted by atomic mass is 32.1. The third kappa shape index (κ3) is 6.25. The highest BCUT2D eigenvalue weighted by Crippen LogP contribution is 2.40. The monoisotopic (exact) mass is 460 g/mol. The van der Waals surface area contributed by atoms with E-state index in [1.54, 1.807) is 0 Å². The van der Waals surface area contributed by atoms with E-state index in [1.807, 2.05) is 22.7 Å². The van der Waals surface area contributed by atoms with E-state index in [2.05, 4.69) is 59.1 Å². The second-order valence-corrected chi connectivity index (χ2v) is 12.0. The first-order chi connectivity index (χ1) is 14.8. The summed E-state index contributed by atoms with van der Waals surface area (Å²) in [6, 6.07) is 4.81. The van der Waals surface area contributed by atoms with Crippen LogP contribution in [0, 0.1) is 0 Å². The van der Waals surface area contributed by atoms with E-state index in [0.717, 1.165) is 6.42 Å². The molecule has 0 bridgehead atoms. The SMILES string of the molecule is CCCCCCc1csc(-c2sc(B3OC(C)(C)C(C)(C)O3)cc2CCCCCC)c1. The van der Waals surface area contributed by atoms with Crippen LogP contribution in [0.2, 0.25) is 0 Å². The molecule has 0 atom stereocenters. The summed E-state index contributed by atoms with van der Waals surface area (Å²) in [7, 11) is -0.258. The number of unbranched alkanes of at least 4 members (excludes halogenated alkanes) is 6. The number of hydrogen-bond donors (Lipinski definition) is 0. The van der Waals surface area contributed by atoms with E-state index in [1.165, 1.54) is 83.4 Å². The van der Waals surface area contributed by atoms with E-state index >= 15 is 0 Å². The molecule has 1 fully saturated rings. The topological polar surface area (TPSA) is 18.5 Å². The van der Waals surface area contributed by atoms with E-state index in [4.69, 9.17) is 9.31 Å². The van der Waals surface area contributed by atoms with Gasteiger partial charge in [0.25, 0.3) is 0 Å². The lowest BCUT2D eigenvalue weighted by atomic mass is 9.87. The van der Waals surface area contributed by atoms with Crippen LogP contribution in [0.25, 0.3) is 9.75 Å². The second kappa shape index (κ2) is 11.0. The summed E-state index contributed by atoms with van der Waals surface area (Å²) < 4.78 is 14.0. The van der Waals surface area contributed by atoms with Gasteiger partial charge in [-0.1, -0.05) is 52.4 Å². The van der Waals surface area contributed by atoms with Gasteiger partial charge in [0.15, 0.2) is 0 Å². The van der Waals surface area contributed by atoms with Gasteiger partial charge in [-0.2, -0.15) is 0 Å². The van der Waals surface area contributed by atoms with Gasteiger partial charge in [0.1, 0.15) is 0 Å². The molecule has 0 unspecified atom stereocenters. The Hall–Kier alpha value is -0.615. The summed E-state index contributed by atoms with van der Waals surface area (Å²) in [5.41, 5.74) is 2.39. The van der Waals surface area contributed by atoms with Crippen LogP contribution in [0.5, 0.6) is 0 Å². The molecule has 0 aromatic carbocycles. The maximum absolute atomic E-state index is 6.37. The molecule has 0 spiro atoms. The van der Waals surface area contributed by atoms with Gasteiger partial charge in [0.2, 0.25) is 0 Å². The molecular formula is C26H41BO2S2. The van der Waals surface area contributed by atoms with Crippen LogP contribution in [-0.2, 0) is 22.2 Å². The highest BCUT2D eigenvalue weighted by Gasteiger charge is 2.52. The number of aryl methyl sites for hydroxylation is 2. The predicted octanol–water partition coefficient (Wildman–Crippen LogP) is 8.02. The second-order valence-electron chi connectivity index (χ2n) is 10.0. The third-order valence-electron chi connectivity index (χ3n) is 6.81. The summed E-state index contributed by atoms with van der Waals surface area (Å²) in [6.45, 7) is 13.1. The summed E-state index contributed by atoms with van der Waals surface area (Å²) in [4.78, 5) is 2.86. The van der Waals surface area contributed by atoms with Gasteiger partial charge in [-0.05, 0) is 82.0 Å². The van der Waals surface area contributed by atoms with Crippen molar-refractivity contribution < 1.29 is 9.31 Å². The number of rotatable bonds is 12. The molecule has 2 nitrogen and oxygen atoms in total. The van der Waals surface area contributed by atoms with Gasteiger partial charge in [-0.25, -0.2) is 0 Å². The lowest BCUT2D eigenvalue weighted by molar-refractivity contribution is 0.00578. The maximum Gasteiger partial charge on any atom is 0.505 e. The fourth-order valence-electron chi connectivity index (χ4n) is 4.04. The molecule has 31 heavy (non-hydrogen) atoms. The Labute approximate surface area is 198 Å². The van der Waals surface area contributed by atoms with Crippen molar-refractivity contribution in [2.75, 3.05) is 0 Å². The first kappa shape index (κ1) is 25.0. The smallest absolute Gasteiger partial charge is 0.399 e. The lowest BCUT2D eigenvalue weighted by Gasteiger charge is -2.32. The molecule has 3 rings (SSSR count). The fourth-order valence-corrected chi connectivity index (χ4v) is 6.32. The van der Waals surface area contributed by atoms with Crippen molar-refractivity contribution in [3.05, 3.63) is 28.6 Å². The quantitative estimate of drug-likeness (QED) is 0.236. The van der Waals surface area contributed by atoms with Crippen LogP contribution in [-0.4, -0.2) is 18.3 Å². The molecule has 3 heterocycles. The standard InChI is InChI=1S/C26H41BO2S2/c1-7-9-11-13-15-20-17-22(30-19-20)24-21(16-14-12-10-8-2)18-23(31-24)27-28-25(3,4)26(5,6)29-27/h17-19H,7-16H2,1-6H3. The highest BCUT2D eigenvalue weighted by molar-refractivity contribution is 7.28. The zero-order valence-corrected chi connectivity index (χ0v) is 22.1. The van der Waals surface area contributed by atoms with Crippen LogP contribution < -0.4 is 4.78 Å². The molecule has 1 aliphatic heterocycles. The molecule has 0 aliphatic carbocycles. The molecule has 5 heteroatoms. The van der Waals surface area contributed by atoms with Crippen molar-refractivity contribution in [2.24, 2.45) is 0 Å². The molecule has 2 aromatic rings. The Balaban J connectivity index is 1.79. The van der Waals surface area contributed by atoms with Crippen molar-refractivity contribution in [3.8, 4) is 9.75 Å². The minimum atomic E-state index is -0.294. The van der Waals surface area contributed by atoms with Gasteiger partial charge in [-0.15, -0.1) is 22.7 Å². The maximum atomic E-state index is 6.37. The Bertz CT molecular complexity index is 805.